The first kappa shape index (κ1) is 19.9. The number of hydrogen-bond acceptors (Lipinski definition) is 5. The second-order valence-electron chi connectivity index (χ2n) is 5.80. The summed E-state index contributed by atoms with van der Waals surface area (Å²) in [6, 6.07) is 9.56. The summed E-state index contributed by atoms with van der Waals surface area (Å²) in [5.74, 6) is 1.18. The topological polar surface area (TPSA) is 68.8 Å². The van der Waals surface area contributed by atoms with Crippen LogP contribution in [0.1, 0.15) is 27.0 Å². The van der Waals surface area contributed by atoms with Crippen LogP contribution in [0.3, 0.4) is 0 Å². The average Bonchev–Trinajstić information content (AvgIpc) is 3.12. The molecular weight excluding hydrogens is 356 g/mol. The van der Waals surface area contributed by atoms with E-state index >= 15 is 0 Å². The van der Waals surface area contributed by atoms with E-state index in [1.807, 2.05) is 6.07 Å². The van der Waals surface area contributed by atoms with Crippen LogP contribution in [-0.4, -0.2) is 27.2 Å². The van der Waals surface area contributed by atoms with Crippen molar-refractivity contribution in [1.29, 1.82) is 0 Å². The molecule has 1 amide bonds. The lowest BCUT2D eigenvalue weighted by molar-refractivity contribution is 0.0950. The number of hydrogen-bond donors (Lipinski definition) is 2. The van der Waals surface area contributed by atoms with Gasteiger partial charge in [-0.25, -0.2) is 0 Å². The van der Waals surface area contributed by atoms with Crippen LogP contribution in [0.25, 0.3) is 0 Å². The van der Waals surface area contributed by atoms with E-state index in [2.05, 4.69) is 22.8 Å². The van der Waals surface area contributed by atoms with Gasteiger partial charge in [-0.1, -0.05) is 18.2 Å². The predicted octanol–water partition coefficient (Wildman–Crippen LogP) is 2.67. The zero-order valence-corrected chi connectivity index (χ0v) is 15.9. The van der Waals surface area contributed by atoms with E-state index in [0.29, 0.717) is 29.4 Å². The quantitative estimate of drug-likeness (QED) is 0.808. The fourth-order valence-electron chi connectivity index (χ4n) is 2.95. The maximum atomic E-state index is 12.5. The van der Waals surface area contributed by atoms with E-state index in [1.54, 1.807) is 12.1 Å². The highest BCUT2D eigenvalue weighted by Crippen LogP contribution is 2.38. The van der Waals surface area contributed by atoms with E-state index in [-0.39, 0.29) is 18.3 Å². The highest BCUT2D eigenvalue weighted by molar-refractivity contribution is 5.95. The van der Waals surface area contributed by atoms with Crippen LogP contribution in [0.4, 0.5) is 0 Å². The Hall–Kier alpha value is -2.44. The van der Waals surface area contributed by atoms with E-state index in [1.165, 1.54) is 32.5 Å². The molecule has 0 aromatic heterocycles. The fraction of sp³-hybridized carbons (Fsp3) is 0.316. The highest BCUT2D eigenvalue weighted by Gasteiger charge is 2.17. The van der Waals surface area contributed by atoms with Gasteiger partial charge in [0, 0.05) is 25.2 Å². The average molecular weight is 379 g/mol. The Morgan fingerprint density at radius 2 is 1.65 bits per heavy atom. The van der Waals surface area contributed by atoms with Crippen molar-refractivity contribution in [3.05, 3.63) is 52.6 Å². The molecule has 3 rings (SSSR count). The molecule has 0 saturated carbocycles. The van der Waals surface area contributed by atoms with Gasteiger partial charge in [0.25, 0.3) is 5.91 Å². The van der Waals surface area contributed by atoms with Gasteiger partial charge in [-0.2, -0.15) is 0 Å². The van der Waals surface area contributed by atoms with Gasteiger partial charge in [0.1, 0.15) is 0 Å². The van der Waals surface area contributed by atoms with Crippen LogP contribution in [0, 0.1) is 0 Å². The molecule has 1 heterocycles. The Morgan fingerprint density at radius 3 is 2.27 bits per heavy atom. The lowest BCUT2D eigenvalue weighted by Crippen LogP contribution is -2.23. The number of carbonyl (C=O) groups is 1. The van der Waals surface area contributed by atoms with Gasteiger partial charge in [-0.15, -0.1) is 12.4 Å². The van der Waals surface area contributed by atoms with Crippen molar-refractivity contribution in [2.24, 2.45) is 0 Å². The molecule has 140 valence electrons. The Morgan fingerprint density at radius 1 is 1.00 bits per heavy atom. The van der Waals surface area contributed by atoms with Gasteiger partial charge in [-0.05, 0) is 28.8 Å². The lowest BCUT2D eigenvalue weighted by atomic mass is 10.1. The van der Waals surface area contributed by atoms with Crippen LogP contribution < -0.4 is 24.8 Å². The SMILES string of the molecule is COc1cc(C(=O)NCc2ccc3c(c2)CNC3)cc(OC)c1OC.Cl. The van der Waals surface area contributed by atoms with Gasteiger partial charge in [0.15, 0.2) is 11.5 Å². The predicted molar refractivity (Wildman–Crippen MR) is 102 cm³/mol. The van der Waals surface area contributed by atoms with Crippen LogP contribution in [0.5, 0.6) is 17.2 Å². The number of methoxy groups -OCH3 is 3. The minimum Gasteiger partial charge on any atom is -0.493 e. The normalized spacial score (nSPS) is 12.0. The number of rotatable bonds is 6. The maximum absolute atomic E-state index is 12.5. The Labute approximate surface area is 159 Å². The molecular formula is C19H23ClN2O4. The van der Waals surface area contributed by atoms with Crippen molar-refractivity contribution >= 4 is 18.3 Å². The number of ether oxygens (including phenoxy) is 3. The summed E-state index contributed by atoms with van der Waals surface area (Å²) in [7, 11) is 4.58. The van der Waals surface area contributed by atoms with E-state index in [4.69, 9.17) is 14.2 Å². The minimum absolute atomic E-state index is 0. The van der Waals surface area contributed by atoms with Crippen LogP contribution in [0.2, 0.25) is 0 Å². The van der Waals surface area contributed by atoms with Crippen molar-refractivity contribution in [2.45, 2.75) is 19.6 Å². The highest BCUT2D eigenvalue weighted by atomic mass is 35.5. The monoisotopic (exact) mass is 378 g/mol. The molecule has 2 N–H and O–H groups in total. The van der Waals surface area contributed by atoms with Crippen molar-refractivity contribution in [2.75, 3.05) is 21.3 Å². The maximum Gasteiger partial charge on any atom is 0.251 e. The molecule has 1 aliphatic heterocycles. The summed E-state index contributed by atoms with van der Waals surface area (Å²) >= 11 is 0. The molecule has 7 heteroatoms. The van der Waals surface area contributed by atoms with Crippen LogP contribution in [-0.2, 0) is 19.6 Å². The standard InChI is InChI=1S/C19H22N2O4.ClH/c1-23-16-7-14(8-17(24-2)18(16)25-3)19(22)21-9-12-4-5-13-10-20-11-15(13)6-12;/h4-8,20H,9-11H2,1-3H3,(H,21,22);1H. The number of nitrogens with one attached hydrogen (secondary N) is 2. The van der Waals surface area contributed by atoms with Gasteiger partial charge >= 0.3 is 0 Å². The molecule has 2 aromatic carbocycles. The summed E-state index contributed by atoms with van der Waals surface area (Å²) in [6.45, 7) is 2.25. The number of carbonyl (C=O) groups excluding carboxylic acids is 1. The number of fused-ring (bicyclic) bond motifs is 1. The fourth-order valence-corrected chi connectivity index (χ4v) is 2.95. The van der Waals surface area contributed by atoms with Crippen LogP contribution >= 0.6 is 12.4 Å². The smallest absolute Gasteiger partial charge is 0.251 e. The van der Waals surface area contributed by atoms with Gasteiger partial charge in [-0.3, -0.25) is 4.79 Å². The van der Waals surface area contributed by atoms with Gasteiger partial charge in [0.2, 0.25) is 5.75 Å². The molecule has 6 nitrogen and oxygen atoms in total. The molecule has 0 radical (unpaired) electrons. The Balaban J connectivity index is 0.00000243. The number of benzene rings is 2. The molecule has 1 aliphatic rings. The summed E-state index contributed by atoms with van der Waals surface area (Å²) in [4.78, 5) is 12.5. The minimum atomic E-state index is -0.196. The van der Waals surface area contributed by atoms with Crippen molar-refractivity contribution < 1.29 is 19.0 Å². The molecule has 0 aliphatic carbocycles. The lowest BCUT2D eigenvalue weighted by Gasteiger charge is -2.14. The third kappa shape index (κ3) is 4.03. The van der Waals surface area contributed by atoms with E-state index < -0.39 is 0 Å². The van der Waals surface area contributed by atoms with Gasteiger partial charge in [0.05, 0.1) is 21.3 Å². The number of halogens is 1. The third-order valence-corrected chi connectivity index (χ3v) is 4.28. The summed E-state index contributed by atoms with van der Waals surface area (Å²) in [5.41, 5.74) is 4.14. The second kappa shape index (κ2) is 8.78. The third-order valence-electron chi connectivity index (χ3n) is 4.28. The van der Waals surface area contributed by atoms with Crippen LogP contribution in [0.15, 0.2) is 30.3 Å². The first-order chi connectivity index (χ1) is 12.2. The summed E-state index contributed by atoms with van der Waals surface area (Å²) in [6.07, 6.45) is 0. The Kier molecular flexibility index (Phi) is 6.71. The molecule has 0 spiro atoms. The zero-order chi connectivity index (χ0) is 17.8. The molecule has 0 unspecified atom stereocenters. The molecule has 26 heavy (non-hydrogen) atoms. The molecule has 0 fully saturated rings. The first-order valence-electron chi connectivity index (χ1n) is 8.06. The molecule has 0 atom stereocenters. The summed E-state index contributed by atoms with van der Waals surface area (Å²) < 4.78 is 15.9. The summed E-state index contributed by atoms with van der Waals surface area (Å²) in [5, 5.41) is 6.25. The molecule has 0 bridgehead atoms. The van der Waals surface area contributed by atoms with E-state index in [9.17, 15) is 4.79 Å². The van der Waals surface area contributed by atoms with Crippen molar-refractivity contribution in [1.82, 2.24) is 10.6 Å². The van der Waals surface area contributed by atoms with Crippen molar-refractivity contribution in [3.63, 3.8) is 0 Å². The molecule has 2 aromatic rings. The largest absolute Gasteiger partial charge is 0.493 e. The zero-order valence-electron chi connectivity index (χ0n) is 15.0. The Bertz CT molecular complexity index is 770. The van der Waals surface area contributed by atoms with E-state index in [0.717, 1.165) is 18.7 Å². The number of amides is 1. The van der Waals surface area contributed by atoms with Gasteiger partial charge < -0.3 is 24.8 Å². The first-order valence-corrected chi connectivity index (χ1v) is 8.06. The second-order valence-corrected chi connectivity index (χ2v) is 5.80. The molecule has 0 saturated heterocycles. The van der Waals surface area contributed by atoms with Crippen molar-refractivity contribution in [3.8, 4) is 17.2 Å².